The number of carbonyl (C=O) groups is 2. The molecule has 0 saturated carbocycles. The second-order valence-electron chi connectivity index (χ2n) is 7.35. The Kier molecular flexibility index (Phi) is 6.61. The summed E-state index contributed by atoms with van der Waals surface area (Å²) in [6.45, 7) is 2.60. The van der Waals surface area contributed by atoms with E-state index in [1.54, 1.807) is 42.7 Å². The van der Waals surface area contributed by atoms with Gasteiger partial charge in [0.25, 0.3) is 5.91 Å². The van der Waals surface area contributed by atoms with Gasteiger partial charge in [-0.1, -0.05) is 24.3 Å². The van der Waals surface area contributed by atoms with Gasteiger partial charge in [-0.05, 0) is 43.0 Å². The zero-order chi connectivity index (χ0) is 20.8. The molecule has 156 valence electrons. The average Bonchev–Trinajstić information content (AvgIpc) is 3.29. The summed E-state index contributed by atoms with van der Waals surface area (Å²) in [4.78, 5) is 35.9. The summed E-state index contributed by atoms with van der Waals surface area (Å²) in [5, 5.41) is 0. The maximum atomic E-state index is 13.1. The Bertz CT molecular complexity index is 910. The van der Waals surface area contributed by atoms with Crippen molar-refractivity contribution in [3.63, 3.8) is 0 Å². The van der Waals surface area contributed by atoms with E-state index >= 15 is 0 Å². The van der Waals surface area contributed by atoms with Gasteiger partial charge < -0.3 is 9.47 Å². The molecule has 0 spiro atoms. The Hall–Kier alpha value is -2.90. The van der Waals surface area contributed by atoms with Crippen LogP contribution in [-0.4, -0.2) is 55.5 Å². The van der Waals surface area contributed by atoms with E-state index in [1.165, 1.54) is 0 Å². The predicted molar refractivity (Wildman–Crippen MR) is 113 cm³/mol. The lowest BCUT2D eigenvalue weighted by Crippen LogP contribution is -2.45. The van der Waals surface area contributed by atoms with Gasteiger partial charge in [-0.25, -0.2) is 9.88 Å². The summed E-state index contributed by atoms with van der Waals surface area (Å²) < 4.78 is 11.2. The van der Waals surface area contributed by atoms with Crippen LogP contribution < -0.4 is 4.90 Å². The van der Waals surface area contributed by atoms with Crippen LogP contribution in [-0.2, 0) is 14.3 Å². The molecule has 7 heteroatoms. The number of anilines is 1. The first kappa shape index (κ1) is 20.4. The van der Waals surface area contributed by atoms with Crippen LogP contribution in [0.3, 0.4) is 0 Å². The van der Waals surface area contributed by atoms with Gasteiger partial charge in [0.1, 0.15) is 5.82 Å². The lowest BCUT2D eigenvalue weighted by atomic mass is 9.89. The minimum Gasteiger partial charge on any atom is -0.379 e. The number of rotatable bonds is 8. The van der Waals surface area contributed by atoms with Crippen molar-refractivity contribution >= 4 is 23.8 Å². The Morgan fingerprint density at radius 1 is 1.20 bits per heavy atom. The number of aliphatic imine (C=N–C) groups is 1. The van der Waals surface area contributed by atoms with Crippen LogP contribution in [0.2, 0.25) is 0 Å². The zero-order valence-corrected chi connectivity index (χ0v) is 16.8. The zero-order valence-electron chi connectivity index (χ0n) is 16.8. The molecule has 30 heavy (non-hydrogen) atoms. The largest absolute Gasteiger partial charge is 0.379 e. The molecule has 2 aliphatic rings. The number of imide groups is 1. The molecule has 0 radical (unpaired) electrons. The van der Waals surface area contributed by atoms with E-state index in [0.717, 1.165) is 30.8 Å². The van der Waals surface area contributed by atoms with Crippen molar-refractivity contribution in [1.82, 2.24) is 4.98 Å². The molecular weight excluding hydrogens is 382 g/mol. The highest BCUT2D eigenvalue weighted by Gasteiger charge is 2.39. The van der Waals surface area contributed by atoms with Gasteiger partial charge in [-0.15, -0.1) is 0 Å². The highest BCUT2D eigenvalue weighted by molar-refractivity contribution is 6.28. The number of aromatic nitrogens is 1. The van der Waals surface area contributed by atoms with Crippen molar-refractivity contribution in [3.05, 3.63) is 59.8 Å². The molecule has 0 N–H and O–H groups in total. The maximum absolute atomic E-state index is 13.1. The maximum Gasteiger partial charge on any atom is 0.266 e. The quantitative estimate of drug-likeness (QED) is 0.382. The molecule has 0 bridgehead atoms. The number of benzene rings is 1. The number of amides is 2. The van der Waals surface area contributed by atoms with Gasteiger partial charge in [0.2, 0.25) is 5.91 Å². The standard InChI is InChI=1S/C23H25N3O4/c27-22-19-9-2-1-8-18(19)20(23(28)26(22)21-10-3-4-12-25-21)15-24-11-6-13-29-16-17-7-5-14-30-17/h1-4,8-10,12,15,17,20H,5-7,11,13-14,16H2/t17-,20+/m0/s1. The number of fused-ring (bicyclic) bond motifs is 1. The molecule has 1 fully saturated rings. The monoisotopic (exact) mass is 407 g/mol. The molecule has 7 nitrogen and oxygen atoms in total. The molecule has 3 heterocycles. The molecule has 1 aromatic carbocycles. The van der Waals surface area contributed by atoms with Crippen LogP contribution in [0.25, 0.3) is 0 Å². The molecule has 2 amide bonds. The lowest BCUT2D eigenvalue weighted by molar-refractivity contribution is -0.118. The molecular formula is C23H25N3O4. The highest BCUT2D eigenvalue weighted by Crippen LogP contribution is 2.30. The van der Waals surface area contributed by atoms with Gasteiger partial charge in [-0.2, -0.15) is 0 Å². The van der Waals surface area contributed by atoms with Gasteiger partial charge in [0.15, 0.2) is 0 Å². The molecule has 0 aliphatic carbocycles. The van der Waals surface area contributed by atoms with Gasteiger partial charge >= 0.3 is 0 Å². The van der Waals surface area contributed by atoms with Crippen molar-refractivity contribution in [2.75, 3.05) is 31.3 Å². The van der Waals surface area contributed by atoms with Crippen LogP contribution in [0.1, 0.15) is 41.1 Å². The Labute approximate surface area is 175 Å². The fourth-order valence-corrected chi connectivity index (χ4v) is 3.73. The molecule has 4 rings (SSSR count). The van der Waals surface area contributed by atoms with Crippen LogP contribution >= 0.6 is 0 Å². The second kappa shape index (κ2) is 9.73. The van der Waals surface area contributed by atoms with Crippen molar-refractivity contribution in [3.8, 4) is 0 Å². The third-order valence-electron chi connectivity index (χ3n) is 5.25. The summed E-state index contributed by atoms with van der Waals surface area (Å²) in [6, 6.07) is 12.3. The van der Waals surface area contributed by atoms with Gasteiger partial charge in [-0.3, -0.25) is 14.6 Å². The predicted octanol–water partition coefficient (Wildman–Crippen LogP) is 3.01. The van der Waals surface area contributed by atoms with Crippen molar-refractivity contribution in [1.29, 1.82) is 0 Å². The number of hydrogen-bond acceptors (Lipinski definition) is 6. The van der Waals surface area contributed by atoms with Crippen LogP contribution in [0.4, 0.5) is 5.82 Å². The summed E-state index contributed by atoms with van der Waals surface area (Å²) in [5.74, 6) is -0.992. The Balaban J connectivity index is 1.41. The molecule has 0 unspecified atom stereocenters. The number of nitrogens with zero attached hydrogens (tertiary/aromatic N) is 3. The topological polar surface area (TPSA) is 81.1 Å². The Morgan fingerprint density at radius 2 is 2.07 bits per heavy atom. The van der Waals surface area contributed by atoms with Gasteiger partial charge in [0, 0.05) is 37.7 Å². The highest BCUT2D eigenvalue weighted by atomic mass is 16.5. The number of ether oxygens (including phenoxy) is 2. The normalized spacial score (nSPS) is 21.4. The fraction of sp³-hybridized carbons (Fsp3) is 0.391. The summed E-state index contributed by atoms with van der Waals surface area (Å²) >= 11 is 0. The van der Waals surface area contributed by atoms with Crippen molar-refractivity contribution < 1.29 is 19.1 Å². The van der Waals surface area contributed by atoms with E-state index in [4.69, 9.17) is 9.47 Å². The average molecular weight is 407 g/mol. The first-order valence-corrected chi connectivity index (χ1v) is 10.3. The molecule has 2 aliphatic heterocycles. The van der Waals surface area contributed by atoms with E-state index < -0.39 is 5.92 Å². The third-order valence-corrected chi connectivity index (χ3v) is 5.25. The SMILES string of the molecule is O=C1c2ccccc2[C@@H](C=NCCCOC[C@@H]2CCCO2)C(=O)N1c1ccccn1. The van der Waals surface area contributed by atoms with Crippen molar-refractivity contribution in [2.24, 2.45) is 4.99 Å². The molecule has 1 saturated heterocycles. The number of hydrogen-bond donors (Lipinski definition) is 0. The van der Waals surface area contributed by atoms with Gasteiger partial charge in [0.05, 0.1) is 18.6 Å². The van der Waals surface area contributed by atoms with E-state index in [1.807, 2.05) is 12.1 Å². The minimum atomic E-state index is -0.617. The van der Waals surface area contributed by atoms with Crippen LogP contribution in [0.15, 0.2) is 53.7 Å². The smallest absolute Gasteiger partial charge is 0.266 e. The second-order valence-corrected chi connectivity index (χ2v) is 7.35. The van der Waals surface area contributed by atoms with Crippen molar-refractivity contribution in [2.45, 2.75) is 31.3 Å². The van der Waals surface area contributed by atoms with Crippen LogP contribution in [0, 0.1) is 0 Å². The minimum absolute atomic E-state index is 0.222. The van der Waals surface area contributed by atoms with E-state index in [-0.39, 0.29) is 17.9 Å². The number of carbonyl (C=O) groups excluding carboxylic acids is 2. The third kappa shape index (κ3) is 4.47. The van der Waals surface area contributed by atoms with E-state index in [2.05, 4.69) is 9.98 Å². The summed E-state index contributed by atoms with van der Waals surface area (Å²) in [7, 11) is 0. The first-order valence-electron chi connectivity index (χ1n) is 10.3. The summed E-state index contributed by atoms with van der Waals surface area (Å²) in [5.41, 5.74) is 1.18. The lowest BCUT2D eigenvalue weighted by Gasteiger charge is -2.30. The fourth-order valence-electron chi connectivity index (χ4n) is 3.73. The molecule has 2 atom stereocenters. The van der Waals surface area contributed by atoms with E-state index in [0.29, 0.717) is 36.7 Å². The van der Waals surface area contributed by atoms with Crippen LogP contribution in [0.5, 0.6) is 0 Å². The first-order chi connectivity index (χ1) is 14.8. The summed E-state index contributed by atoms with van der Waals surface area (Å²) in [6.07, 6.45) is 6.36. The molecule has 1 aromatic heterocycles. The number of pyridine rings is 1. The Morgan fingerprint density at radius 3 is 2.87 bits per heavy atom. The van der Waals surface area contributed by atoms with E-state index in [9.17, 15) is 9.59 Å². The molecule has 2 aromatic rings.